The maximum atomic E-state index is 12.1. The number of carbonyl (C=O) groups is 1. The number of carbonyl (C=O) groups excluding carboxylic acids is 1. The Morgan fingerprint density at radius 2 is 1.77 bits per heavy atom. The van der Waals surface area contributed by atoms with Gasteiger partial charge in [-0.1, -0.05) is 50.0 Å². The van der Waals surface area contributed by atoms with E-state index in [4.69, 9.17) is 0 Å². The molecule has 22 heavy (non-hydrogen) atoms. The largest absolute Gasteiger partial charge is 0.345 e. The molecule has 0 fully saturated rings. The Hall–Kier alpha value is -1.79. The average molecular weight is 300 g/mol. The van der Waals surface area contributed by atoms with E-state index in [2.05, 4.69) is 55.3 Å². The lowest BCUT2D eigenvalue weighted by molar-refractivity contribution is -0.121. The standard InChI is InChI=1S/C19H28N2O/c1-15(2)14-17-8-10-18(11-9-17)16(3)19(22)20-12-6-7-13-21(4)5/h8-11,15-16H,12-14H2,1-5H3,(H,20,22)/t16-/m1/s1. The SMILES string of the molecule is CC(C)Cc1ccc([C@@H](C)C(=O)NCC#CCN(C)C)cc1. The molecule has 0 aliphatic heterocycles. The van der Waals surface area contributed by atoms with Gasteiger partial charge >= 0.3 is 0 Å². The fourth-order valence-corrected chi connectivity index (χ4v) is 2.13. The first-order chi connectivity index (χ1) is 10.4. The van der Waals surface area contributed by atoms with E-state index in [1.54, 1.807) is 0 Å². The van der Waals surface area contributed by atoms with Crippen LogP contribution in [-0.2, 0) is 11.2 Å². The summed E-state index contributed by atoms with van der Waals surface area (Å²) in [6, 6.07) is 8.35. The first kappa shape index (κ1) is 18.3. The molecule has 0 saturated carbocycles. The van der Waals surface area contributed by atoms with Gasteiger partial charge in [-0.2, -0.15) is 0 Å². The van der Waals surface area contributed by atoms with Crippen LogP contribution in [0.5, 0.6) is 0 Å². The highest BCUT2D eigenvalue weighted by Crippen LogP contribution is 2.17. The van der Waals surface area contributed by atoms with E-state index in [-0.39, 0.29) is 11.8 Å². The minimum absolute atomic E-state index is 0.0239. The number of hydrogen-bond acceptors (Lipinski definition) is 2. The Bertz CT molecular complexity index is 521. The Morgan fingerprint density at radius 3 is 2.32 bits per heavy atom. The van der Waals surface area contributed by atoms with Gasteiger partial charge in [-0.15, -0.1) is 0 Å². The van der Waals surface area contributed by atoms with Crippen LogP contribution >= 0.6 is 0 Å². The zero-order valence-electron chi connectivity index (χ0n) is 14.4. The highest BCUT2D eigenvalue weighted by atomic mass is 16.1. The molecule has 3 nitrogen and oxygen atoms in total. The van der Waals surface area contributed by atoms with Gasteiger partial charge in [0, 0.05) is 0 Å². The summed E-state index contributed by atoms with van der Waals surface area (Å²) in [5.74, 6) is 6.49. The third-order valence-corrected chi connectivity index (χ3v) is 3.39. The maximum absolute atomic E-state index is 12.1. The second-order valence-corrected chi connectivity index (χ2v) is 6.37. The van der Waals surface area contributed by atoms with Crippen LogP contribution in [0.4, 0.5) is 0 Å². The lowest BCUT2D eigenvalue weighted by Gasteiger charge is -2.12. The molecule has 120 valence electrons. The number of rotatable bonds is 6. The van der Waals surface area contributed by atoms with E-state index < -0.39 is 0 Å². The van der Waals surface area contributed by atoms with Gasteiger partial charge in [0.2, 0.25) is 5.91 Å². The van der Waals surface area contributed by atoms with E-state index >= 15 is 0 Å². The van der Waals surface area contributed by atoms with Crippen LogP contribution in [0, 0.1) is 17.8 Å². The van der Waals surface area contributed by atoms with E-state index in [0.29, 0.717) is 19.0 Å². The zero-order chi connectivity index (χ0) is 16.5. The molecule has 0 aliphatic carbocycles. The summed E-state index contributed by atoms with van der Waals surface area (Å²) in [5.41, 5.74) is 2.37. The summed E-state index contributed by atoms with van der Waals surface area (Å²) in [6.45, 7) is 7.47. The lowest BCUT2D eigenvalue weighted by atomic mass is 9.96. The molecular formula is C19H28N2O. The average Bonchev–Trinajstić information content (AvgIpc) is 2.45. The van der Waals surface area contributed by atoms with E-state index in [9.17, 15) is 4.79 Å². The van der Waals surface area contributed by atoms with Crippen LogP contribution in [0.1, 0.15) is 37.8 Å². The van der Waals surface area contributed by atoms with Crippen molar-refractivity contribution in [2.24, 2.45) is 5.92 Å². The Labute approximate surface area is 135 Å². The third-order valence-electron chi connectivity index (χ3n) is 3.39. The first-order valence-electron chi connectivity index (χ1n) is 7.87. The molecule has 0 radical (unpaired) electrons. The first-order valence-corrected chi connectivity index (χ1v) is 7.87. The molecule has 0 spiro atoms. The topological polar surface area (TPSA) is 32.3 Å². The minimum Gasteiger partial charge on any atom is -0.345 e. The van der Waals surface area contributed by atoms with Crippen LogP contribution in [0.3, 0.4) is 0 Å². The predicted octanol–water partition coefficient (Wildman–Crippen LogP) is 2.67. The normalized spacial score (nSPS) is 12.0. The maximum Gasteiger partial charge on any atom is 0.228 e. The molecule has 1 N–H and O–H groups in total. The van der Waals surface area contributed by atoms with Crippen molar-refractivity contribution in [3.8, 4) is 11.8 Å². The Morgan fingerprint density at radius 1 is 1.14 bits per heavy atom. The molecule has 0 unspecified atom stereocenters. The van der Waals surface area contributed by atoms with Gasteiger partial charge in [0.1, 0.15) is 0 Å². The molecule has 0 saturated heterocycles. The van der Waals surface area contributed by atoms with Crippen molar-refractivity contribution in [1.29, 1.82) is 0 Å². The van der Waals surface area contributed by atoms with Crippen molar-refractivity contribution in [2.45, 2.75) is 33.1 Å². The monoisotopic (exact) mass is 300 g/mol. The van der Waals surface area contributed by atoms with Gasteiger partial charge in [0.25, 0.3) is 0 Å². The lowest BCUT2D eigenvalue weighted by Crippen LogP contribution is -2.28. The summed E-state index contributed by atoms with van der Waals surface area (Å²) in [7, 11) is 3.94. The van der Waals surface area contributed by atoms with Crippen molar-refractivity contribution in [3.63, 3.8) is 0 Å². The smallest absolute Gasteiger partial charge is 0.228 e. The van der Waals surface area contributed by atoms with Crippen molar-refractivity contribution < 1.29 is 4.79 Å². The second-order valence-electron chi connectivity index (χ2n) is 6.37. The fourth-order valence-electron chi connectivity index (χ4n) is 2.13. The Kier molecular flexibility index (Phi) is 7.70. The molecule has 1 atom stereocenters. The number of amides is 1. The predicted molar refractivity (Wildman–Crippen MR) is 92.7 cm³/mol. The number of benzene rings is 1. The van der Waals surface area contributed by atoms with Gasteiger partial charge in [0.15, 0.2) is 0 Å². The van der Waals surface area contributed by atoms with E-state index in [1.165, 1.54) is 5.56 Å². The number of hydrogen-bond donors (Lipinski definition) is 1. The van der Waals surface area contributed by atoms with E-state index in [1.807, 2.05) is 25.9 Å². The van der Waals surface area contributed by atoms with Gasteiger partial charge in [-0.05, 0) is 44.5 Å². The number of nitrogens with one attached hydrogen (secondary N) is 1. The van der Waals surface area contributed by atoms with Gasteiger partial charge in [-0.3, -0.25) is 9.69 Å². The van der Waals surface area contributed by atoms with Gasteiger partial charge in [0.05, 0.1) is 19.0 Å². The fraction of sp³-hybridized carbons (Fsp3) is 0.526. The van der Waals surface area contributed by atoms with Crippen LogP contribution < -0.4 is 5.32 Å². The van der Waals surface area contributed by atoms with Crippen molar-refractivity contribution in [3.05, 3.63) is 35.4 Å². The zero-order valence-corrected chi connectivity index (χ0v) is 14.4. The summed E-state index contributed by atoms with van der Waals surface area (Å²) < 4.78 is 0. The van der Waals surface area contributed by atoms with Gasteiger partial charge in [-0.25, -0.2) is 0 Å². The summed E-state index contributed by atoms with van der Waals surface area (Å²) in [5, 5.41) is 2.87. The van der Waals surface area contributed by atoms with Crippen LogP contribution in [0.25, 0.3) is 0 Å². The summed E-state index contributed by atoms with van der Waals surface area (Å²) >= 11 is 0. The van der Waals surface area contributed by atoms with E-state index in [0.717, 1.165) is 12.0 Å². The van der Waals surface area contributed by atoms with Gasteiger partial charge < -0.3 is 5.32 Å². The molecule has 0 aromatic heterocycles. The quantitative estimate of drug-likeness (QED) is 0.819. The van der Waals surface area contributed by atoms with Crippen molar-refractivity contribution >= 4 is 5.91 Å². The molecule has 1 aromatic carbocycles. The van der Waals surface area contributed by atoms with Crippen LogP contribution in [0.2, 0.25) is 0 Å². The third kappa shape index (κ3) is 6.78. The van der Waals surface area contributed by atoms with Crippen molar-refractivity contribution in [1.82, 2.24) is 10.2 Å². The molecule has 0 aliphatic rings. The highest BCUT2D eigenvalue weighted by molar-refractivity contribution is 5.83. The Balaban J connectivity index is 2.50. The molecule has 0 bridgehead atoms. The minimum atomic E-state index is -0.149. The van der Waals surface area contributed by atoms with Crippen molar-refractivity contribution in [2.75, 3.05) is 27.2 Å². The molecule has 3 heteroatoms. The summed E-state index contributed by atoms with van der Waals surface area (Å²) in [6.07, 6.45) is 1.07. The van der Waals surface area contributed by atoms with Crippen LogP contribution in [0.15, 0.2) is 24.3 Å². The molecule has 0 heterocycles. The van der Waals surface area contributed by atoms with Crippen LogP contribution in [-0.4, -0.2) is 38.0 Å². The summed E-state index contributed by atoms with van der Waals surface area (Å²) in [4.78, 5) is 14.1. The molecule has 1 rings (SSSR count). The highest BCUT2D eigenvalue weighted by Gasteiger charge is 2.14. The second kappa shape index (κ2) is 9.27. The molecule has 1 aromatic rings. The molecule has 1 amide bonds. The molecular weight excluding hydrogens is 272 g/mol. The number of nitrogens with zero attached hydrogens (tertiary/aromatic N) is 1.